The van der Waals surface area contributed by atoms with Gasteiger partial charge in [0.2, 0.25) is 11.8 Å². The fraction of sp³-hybridized carbons (Fsp3) is 0.778. The van der Waals surface area contributed by atoms with Crippen LogP contribution in [0, 0.1) is 11.8 Å². The van der Waals surface area contributed by atoms with E-state index >= 15 is 0 Å². The lowest BCUT2D eigenvalue weighted by atomic mass is 10.00. The number of carbonyl (C=O) groups is 2. The van der Waals surface area contributed by atoms with Gasteiger partial charge in [-0.25, -0.2) is 0 Å². The highest BCUT2D eigenvalue weighted by Crippen LogP contribution is 2.25. The Labute approximate surface area is 91.4 Å². The van der Waals surface area contributed by atoms with Gasteiger partial charge in [0.05, 0.1) is 12.6 Å². The molecule has 4 nitrogen and oxygen atoms in total. The van der Waals surface area contributed by atoms with Crippen LogP contribution in [0.25, 0.3) is 0 Å². The smallest absolute Gasteiger partial charge is 0.232 e. The Bertz CT molecular complexity index is 236. The maximum Gasteiger partial charge on any atom is 0.232 e. The minimum Gasteiger partial charge on any atom is -0.390 e. The molecule has 2 amide bonds. The summed E-state index contributed by atoms with van der Waals surface area (Å²) in [6, 6.07) is 0. The van der Waals surface area contributed by atoms with Crippen LogP contribution in [0.15, 0.2) is 0 Å². The lowest BCUT2D eigenvalue weighted by Gasteiger charge is -2.17. The van der Waals surface area contributed by atoms with Crippen LogP contribution in [0.2, 0.25) is 0 Å². The Kier molecular flexibility index (Phi) is 3.66. The fourth-order valence-corrected chi connectivity index (χ4v) is 1.67. The molecule has 0 aromatic heterocycles. The molecular formula is C9H14BrNO3. The molecule has 0 aromatic carbocycles. The fourth-order valence-electron chi connectivity index (χ4n) is 1.47. The second kappa shape index (κ2) is 4.40. The number of hydrogen-bond acceptors (Lipinski definition) is 3. The second-order valence-electron chi connectivity index (χ2n) is 3.67. The standard InChI is InChI=1S/C9H14BrNO3/c1-5-6(2)9(14)11(8(5)13)4-7(12)3-10/h5-7,12H,3-4H2,1-2H3. The van der Waals surface area contributed by atoms with Crippen molar-refractivity contribution in [2.75, 3.05) is 11.9 Å². The highest BCUT2D eigenvalue weighted by atomic mass is 79.9. The molecule has 0 aliphatic carbocycles. The van der Waals surface area contributed by atoms with E-state index in [0.29, 0.717) is 5.33 Å². The van der Waals surface area contributed by atoms with Gasteiger partial charge in [-0.2, -0.15) is 0 Å². The molecule has 1 aliphatic heterocycles. The van der Waals surface area contributed by atoms with Gasteiger partial charge < -0.3 is 5.11 Å². The number of likely N-dealkylation sites (tertiary alicyclic amines) is 1. The van der Waals surface area contributed by atoms with Crippen LogP contribution >= 0.6 is 15.9 Å². The molecule has 3 atom stereocenters. The molecule has 1 fully saturated rings. The van der Waals surface area contributed by atoms with E-state index in [2.05, 4.69) is 15.9 Å². The minimum absolute atomic E-state index is 0.0948. The lowest BCUT2D eigenvalue weighted by molar-refractivity contribution is -0.141. The zero-order valence-electron chi connectivity index (χ0n) is 8.24. The van der Waals surface area contributed by atoms with E-state index in [4.69, 9.17) is 0 Å². The van der Waals surface area contributed by atoms with E-state index in [0.717, 1.165) is 4.90 Å². The number of rotatable bonds is 3. The van der Waals surface area contributed by atoms with Crippen molar-refractivity contribution in [2.45, 2.75) is 20.0 Å². The van der Waals surface area contributed by atoms with Gasteiger partial charge in [-0.3, -0.25) is 14.5 Å². The average molecular weight is 264 g/mol. The summed E-state index contributed by atoms with van der Waals surface area (Å²) < 4.78 is 0. The van der Waals surface area contributed by atoms with E-state index in [1.165, 1.54) is 0 Å². The van der Waals surface area contributed by atoms with Gasteiger partial charge in [0, 0.05) is 17.2 Å². The first-order valence-electron chi connectivity index (χ1n) is 4.58. The number of halogens is 1. The molecule has 14 heavy (non-hydrogen) atoms. The number of carbonyl (C=O) groups excluding carboxylic acids is 2. The van der Waals surface area contributed by atoms with E-state index in [1.807, 2.05) is 0 Å². The predicted octanol–water partition coefficient (Wildman–Crippen LogP) is 0.383. The monoisotopic (exact) mass is 263 g/mol. The van der Waals surface area contributed by atoms with E-state index in [9.17, 15) is 14.7 Å². The SMILES string of the molecule is CC1C(=O)N(CC(O)CBr)C(=O)C1C. The molecular weight excluding hydrogens is 250 g/mol. The third-order valence-electron chi connectivity index (χ3n) is 2.63. The van der Waals surface area contributed by atoms with Crippen LogP contribution in [0.3, 0.4) is 0 Å². The van der Waals surface area contributed by atoms with E-state index < -0.39 is 6.10 Å². The number of hydrogen-bond donors (Lipinski definition) is 1. The molecule has 0 spiro atoms. The zero-order valence-corrected chi connectivity index (χ0v) is 9.82. The highest BCUT2D eigenvalue weighted by Gasteiger charge is 2.42. The van der Waals surface area contributed by atoms with Crippen molar-refractivity contribution in [3.8, 4) is 0 Å². The zero-order chi connectivity index (χ0) is 10.9. The molecule has 0 aromatic rings. The van der Waals surface area contributed by atoms with Crippen LogP contribution in [-0.2, 0) is 9.59 Å². The van der Waals surface area contributed by atoms with Crippen molar-refractivity contribution >= 4 is 27.7 Å². The van der Waals surface area contributed by atoms with Gasteiger partial charge in [-0.15, -0.1) is 0 Å². The predicted molar refractivity (Wildman–Crippen MR) is 54.8 cm³/mol. The Hall–Kier alpha value is -0.420. The van der Waals surface area contributed by atoms with Gasteiger partial charge in [0.25, 0.3) is 0 Å². The minimum atomic E-state index is -0.680. The Balaban J connectivity index is 2.70. The Morgan fingerprint density at radius 2 is 1.79 bits per heavy atom. The van der Waals surface area contributed by atoms with Crippen LogP contribution < -0.4 is 0 Å². The maximum absolute atomic E-state index is 11.6. The highest BCUT2D eigenvalue weighted by molar-refractivity contribution is 9.09. The summed E-state index contributed by atoms with van der Waals surface area (Å²) in [5.41, 5.74) is 0. The number of alkyl halides is 1. The summed E-state index contributed by atoms with van der Waals surface area (Å²) >= 11 is 3.09. The van der Waals surface area contributed by atoms with E-state index in [1.54, 1.807) is 13.8 Å². The van der Waals surface area contributed by atoms with Gasteiger partial charge >= 0.3 is 0 Å². The first-order valence-corrected chi connectivity index (χ1v) is 5.70. The third kappa shape index (κ3) is 1.98. The summed E-state index contributed by atoms with van der Waals surface area (Å²) in [7, 11) is 0. The van der Waals surface area contributed by atoms with Crippen LogP contribution in [0.1, 0.15) is 13.8 Å². The molecule has 5 heteroatoms. The number of aliphatic hydroxyl groups excluding tert-OH is 1. The molecule has 1 aliphatic rings. The molecule has 1 N–H and O–H groups in total. The lowest BCUT2D eigenvalue weighted by Crippen LogP contribution is -2.38. The first-order chi connectivity index (χ1) is 6.49. The molecule has 3 unspecified atom stereocenters. The molecule has 1 saturated heterocycles. The summed E-state index contributed by atoms with van der Waals surface area (Å²) in [6.45, 7) is 3.58. The number of β-amino-alcohol motifs (C(OH)–C–C–N with tert-alkyl or cyclic N) is 1. The Morgan fingerprint density at radius 1 is 1.36 bits per heavy atom. The summed E-state index contributed by atoms with van der Waals surface area (Å²) in [4.78, 5) is 24.3. The number of amides is 2. The van der Waals surface area contributed by atoms with Gasteiger partial charge in [-0.1, -0.05) is 29.8 Å². The maximum atomic E-state index is 11.6. The number of imide groups is 1. The third-order valence-corrected chi connectivity index (χ3v) is 3.38. The molecule has 0 radical (unpaired) electrons. The first kappa shape index (κ1) is 11.7. The molecule has 0 bridgehead atoms. The quantitative estimate of drug-likeness (QED) is 0.592. The van der Waals surface area contributed by atoms with Crippen LogP contribution in [-0.4, -0.2) is 39.8 Å². The molecule has 1 heterocycles. The van der Waals surface area contributed by atoms with Crippen molar-refractivity contribution < 1.29 is 14.7 Å². The van der Waals surface area contributed by atoms with Crippen LogP contribution in [0.5, 0.6) is 0 Å². The van der Waals surface area contributed by atoms with Crippen molar-refractivity contribution in [1.29, 1.82) is 0 Å². The second-order valence-corrected chi connectivity index (χ2v) is 4.32. The summed E-state index contributed by atoms with van der Waals surface area (Å²) in [5, 5.41) is 9.70. The van der Waals surface area contributed by atoms with Crippen molar-refractivity contribution in [1.82, 2.24) is 4.90 Å². The molecule has 80 valence electrons. The molecule has 1 rings (SSSR count). The number of aliphatic hydroxyl groups is 1. The van der Waals surface area contributed by atoms with Crippen LogP contribution in [0.4, 0.5) is 0 Å². The van der Waals surface area contributed by atoms with E-state index in [-0.39, 0.29) is 30.2 Å². The number of nitrogens with zero attached hydrogens (tertiary/aromatic N) is 1. The van der Waals surface area contributed by atoms with Crippen molar-refractivity contribution in [3.05, 3.63) is 0 Å². The topological polar surface area (TPSA) is 57.6 Å². The van der Waals surface area contributed by atoms with Crippen molar-refractivity contribution in [2.24, 2.45) is 11.8 Å². The largest absolute Gasteiger partial charge is 0.390 e. The normalized spacial score (nSPS) is 29.9. The summed E-state index contributed by atoms with van der Waals surface area (Å²) in [5.74, 6) is -0.875. The summed E-state index contributed by atoms with van der Waals surface area (Å²) in [6.07, 6.45) is -0.680. The van der Waals surface area contributed by atoms with Crippen molar-refractivity contribution in [3.63, 3.8) is 0 Å². The Morgan fingerprint density at radius 3 is 2.14 bits per heavy atom. The van der Waals surface area contributed by atoms with Gasteiger partial charge in [-0.05, 0) is 0 Å². The average Bonchev–Trinajstić information content (AvgIpc) is 2.35. The molecule has 0 saturated carbocycles. The van der Waals surface area contributed by atoms with Gasteiger partial charge in [0.15, 0.2) is 0 Å². The van der Waals surface area contributed by atoms with Gasteiger partial charge in [0.1, 0.15) is 0 Å².